The highest BCUT2D eigenvalue weighted by atomic mass is 32.1. The summed E-state index contributed by atoms with van der Waals surface area (Å²) in [5, 5.41) is 10.7. The number of carbonyl (C=O) groups is 1. The maximum absolute atomic E-state index is 13.9. The Morgan fingerprint density at radius 1 is 1.31 bits per heavy atom. The molecule has 1 heterocycles. The van der Waals surface area contributed by atoms with Crippen LogP contribution in [0.25, 0.3) is 11.1 Å². The second kappa shape index (κ2) is 4.06. The van der Waals surface area contributed by atoms with E-state index in [1.807, 2.05) is 12.3 Å². The van der Waals surface area contributed by atoms with E-state index in [0.29, 0.717) is 5.56 Å². The van der Waals surface area contributed by atoms with E-state index in [0.717, 1.165) is 10.4 Å². The zero-order valence-electron chi connectivity index (χ0n) is 8.53. The first-order valence-corrected chi connectivity index (χ1v) is 5.55. The van der Waals surface area contributed by atoms with Crippen LogP contribution >= 0.6 is 11.3 Å². The van der Waals surface area contributed by atoms with Gasteiger partial charge in [-0.05, 0) is 30.0 Å². The van der Waals surface area contributed by atoms with Crippen LogP contribution in [0.3, 0.4) is 0 Å². The fraction of sp³-hybridized carbons (Fsp3) is 0.0833. The normalized spacial score (nSPS) is 10.4. The van der Waals surface area contributed by atoms with Crippen LogP contribution in [-0.4, -0.2) is 11.1 Å². The Hall–Kier alpha value is -1.68. The van der Waals surface area contributed by atoms with Gasteiger partial charge in [0, 0.05) is 10.4 Å². The molecule has 2 nitrogen and oxygen atoms in total. The van der Waals surface area contributed by atoms with Gasteiger partial charge in [-0.15, -0.1) is 11.3 Å². The molecule has 0 aliphatic rings. The number of aryl methyl sites for hydroxylation is 1. The van der Waals surface area contributed by atoms with Crippen molar-refractivity contribution in [1.29, 1.82) is 0 Å². The van der Waals surface area contributed by atoms with Crippen LogP contribution in [0.15, 0.2) is 29.6 Å². The Kier molecular flexibility index (Phi) is 2.75. The first-order chi connectivity index (χ1) is 7.61. The summed E-state index contributed by atoms with van der Waals surface area (Å²) in [6.07, 6.45) is 0. The molecule has 0 amide bonds. The molecule has 1 N–H and O–H groups in total. The first-order valence-electron chi connectivity index (χ1n) is 4.67. The Labute approximate surface area is 96.0 Å². The Bertz CT molecular complexity index is 546. The number of aromatic carboxylic acids is 1. The molecule has 1 aromatic heterocycles. The predicted molar refractivity (Wildman–Crippen MR) is 61.4 cm³/mol. The summed E-state index contributed by atoms with van der Waals surface area (Å²) in [6.45, 7) is 1.88. The highest BCUT2D eigenvalue weighted by Gasteiger charge is 2.16. The van der Waals surface area contributed by atoms with E-state index in [2.05, 4.69) is 0 Å². The van der Waals surface area contributed by atoms with E-state index < -0.39 is 11.8 Å². The minimum Gasteiger partial charge on any atom is -0.478 e. The Morgan fingerprint density at radius 2 is 2.06 bits per heavy atom. The summed E-state index contributed by atoms with van der Waals surface area (Å²) < 4.78 is 13.9. The third-order valence-electron chi connectivity index (χ3n) is 2.38. The molecule has 0 radical (unpaired) electrons. The summed E-state index contributed by atoms with van der Waals surface area (Å²) in [5.74, 6) is -1.91. The lowest BCUT2D eigenvalue weighted by atomic mass is 10.0. The van der Waals surface area contributed by atoms with Crippen LogP contribution in [0.1, 0.15) is 15.2 Å². The van der Waals surface area contributed by atoms with Gasteiger partial charge in [-0.3, -0.25) is 0 Å². The Balaban J connectivity index is 2.63. The summed E-state index contributed by atoms with van der Waals surface area (Å²) in [4.78, 5) is 11.8. The predicted octanol–water partition coefficient (Wildman–Crippen LogP) is 3.56. The topological polar surface area (TPSA) is 37.3 Å². The van der Waals surface area contributed by atoms with Gasteiger partial charge in [0.2, 0.25) is 0 Å². The fourth-order valence-electron chi connectivity index (χ4n) is 1.57. The number of halogens is 1. The van der Waals surface area contributed by atoms with Crippen molar-refractivity contribution < 1.29 is 14.3 Å². The molecule has 0 saturated heterocycles. The standard InChI is InChI=1S/C12H9FO2S/c1-7-8(5-6-16-7)9-3-2-4-10(11(9)13)12(14)15/h2-6H,1H3,(H,14,15). The number of carboxylic acid groups (broad SMARTS) is 1. The molecule has 0 aliphatic heterocycles. The number of carboxylic acids is 1. The van der Waals surface area contributed by atoms with Crippen molar-refractivity contribution in [3.05, 3.63) is 45.9 Å². The van der Waals surface area contributed by atoms with Gasteiger partial charge in [-0.2, -0.15) is 0 Å². The maximum atomic E-state index is 13.9. The van der Waals surface area contributed by atoms with Gasteiger partial charge in [0.1, 0.15) is 5.82 Å². The number of hydrogen-bond donors (Lipinski definition) is 1. The number of benzene rings is 1. The molecule has 0 aliphatic carbocycles. The van der Waals surface area contributed by atoms with Crippen LogP contribution in [0.2, 0.25) is 0 Å². The van der Waals surface area contributed by atoms with E-state index in [1.165, 1.54) is 17.4 Å². The van der Waals surface area contributed by atoms with Crippen LogP contribution in [0.5, 0.6) is 0 Å². The molecule has 16 heavy (non-hydrogen) atoms. The van der Waals surface area contributed by atoms with Crippen LogP contribution in [-0.2, 0) is 0 Å². The highest BCUT2D eigenvalue weighted by Crippen LogP contribution is 2.30. The average Bonchev–Trinajstić information content (AvgIpc) is 2.64. The second-order valence-electron chi connectivity index (χ2n) is 3.36. The van der Waals surface area contributed by atoms with E-state index in [4.69, 9.17) is 5.11 Å². The van der Waals surface area contributed by atoms with Crippen molar-refractivity contribution >= 4 is 17.3 Å². The minimum absolute atomic E-state index is 0.289. The molecule has 0 atom stereocenters. The van der Waals surface area contributed by atoms with Gasteiger partial charge in [0.25, 0.3) is 0 Å². The quantitative estimate of drug-likeness (QED) is 0.865. The molecule has 0 fully saturated rings. The maximum Gasteiger partial charge on any atom is 0.338 e. The molecular formula is C12H9FO2S. The first kappa shape index (κ1) is 10.8. The lowest BCUT2D eigenvalue weighted by Crippen LogP contribution is -2.01. The SMILES string of the molecule is Cc1sccc1-c1cccc(C(=O)O)c1F. The second-order valence-corrected chi connectivity index (χ2v) is 4.48. The summed E-state index contributed by atoms with van der Waals surface area (Å²) >= 11 is 1.51. The summed E-state index contributed by atoms with van der Waals surface area (Å²) in [7, 11) is 0. The number of hydrogen-bond acceptors (Lipinski definition) is 2. The summed E-state index contributed by atoms with van der Waals surface area (Å²) in [5.41, 5.74) is 0.812. The lowest BCUT2D eigenvalue weighted by molar-refractivity contribution is 0.0692. The largest absolute Gasteiger partial charge is 0.478 e. The van der Waals surface area contributed by atoms with Gasteiger partial charge in [-0.25, -0.2) is 9.18 Å². The Morgan fingerprint density at radius 3 is 2.62 bits per heavy atom. The third kappa shape index (κ3) is 1.72. The van der Waals surface area contributed by atoms with Crippen molar-refractivity contribution in [2.75, 3.05) is 0 Å². The van der Waals surface area contributed by atoms with Crippen LogP contribution < -0.4 is 0 Å². The zero-order valence-corrected chi connectivity index (χ0v) is 9.34. The van der Waals surface area contributed by atoms with Crippen molar-refractivity contribution in [3.8, 4) is 11.1 Å². The average molecular weight is 236 g/mol. The van der Waals surface area contributed by atoms with E-state index >= 15 is 0 Å². The third-order valence-corrected chi connectivity index (χ3v) is 3.22. The van der Waals surface area contributed by atoms with Crippen LogP contribution in [0.4, 0.5) is 4.39 Å². The highest BCUT2D eigenvalue weighted by molar-refractivity contribution is 7.10. The van der Waals surface area contributed by atoms with E-state index in [9.17, 15) is 9.18 Å². The molecule has 0 bridgehead atoms. The molecule has 2 rings (SSSR count). The van der Waals surface area contributed by atoms with Gasteiger partial charge < -0.3 is 5.11 Å². The molecule has 82 valence electrons. The lowest BCUT2D eigenvalue weighted by Gasteiger charge is -2.04. The van der Waals surface area contributed by atoms with Gasteiger partial charge >= 0.3 is 5.97 Å². The zero-order chi connectivity index (χ0) is 11.7. The molecular weight excluding hydrogens is 227 g/mol. The van der Waals surface area contributed by atoms with Crippen molar-refractivity contribution in [2.45, 2.75) is 6.92 Å². The number of rotatable bonds is 2. The van der Waals surface area contributed by atoms with Crippen molar-refractivity contribution in [1.82, 2.24) is 0 Å². The van der Waals surface area contributed by atoms with Gasteiger partial charge in [0.05, 0.1) is 5.56 Å². The van der Waals surface area contributed by atoms with Crippen LogP contribution in [0, 0.1) is 12.7 Å². The summed E-state index contributed by atoms with van der Waals surface area (Å²) in [6, 6.07) is 6.21. The molecule has 1 aromatic carbocycles. The van der Waals surface area contributed by atoms with Gasteiger partial charge in [0.15, 0.2) is 0 Å². The molecule has 4 heteroatoms. The smallest absolute Gasteiger partial charge is 0.338 e. The molecule has 0 unspecified atom stereocenters. The van der Waals surface area contributed by atoms with Crippen molar-refractivity contribution in [3.63, 3.8) is 0 Å². The fourth-order valence-corrected chi connectivity index (χ4v) is 2.28. The monoisotopic (exact) mass is 236 g/mol. The molecule has 0 saturated carbocycles. The minimum atomic E-state index is -1.24. The number of thiophene rings is 1. The van der Waals surface area contributed by atoms with E-state index in [1.54, 1.807) is 18.2 Å². The molecule has 0 spiro atoms. The van der Waals surface area contributed by atoms with Crippen molar-refractivity contribution in [2.24, 2.45) is 0 Å². The van der Waals surface area contributed by atoms with Gasteiger partial charge in [-0.1, -0.05) is 12.1 Å². The molecule has 2 aromatic rings. The van der Waals surface area contributed by atoms with E-state index in [-0.39, 0.29) is 5.56 Å².